The van der Waals surface area contributed by atoms with Crippen molar-refractivity contribution in [3.05, 3.63) is 29.1 Å². The third-order valence-electron chi connectivity index (χ3n) is 6.49. The molecule has 1 amide bonds. The lowest BCUT2D eigenvalue weighted by atomic mass is 9.78. The highest BCUT2D eigenvalue weighted by Crippen LogP contribution is 2.46. The highest BCUT2D eigenvalue weighted by atomic mass is 16.5. The van der Waals surface area contributed by atoms with Gasteiger partial charge < -0.3 is 4.90 Å². The zero-order chi connectivity index (χ0) is 17.4. The Morgan fingerprint density at radius 3 is 3.08 bits per heavy atom. The zero-order valence-corrected chi connectivity index (χ0v) is 15.0. The summed E-state index contributed by atoms with van der Waals surface area (Å²) in [5.41, 5.74) is 4.88. The number of hydrogen-bond donors (Lipinski definition) is 2. The monoisotopic (exact) mass is 344 g/mol. The van der Waals surface area contributed by atoms with Gasteiger partial charge in [0.05, 0.1) is 11.3 Å². The summed E-state index contributed by atoms with van der Waals surface area (Å²) in [6, 6.07) is 2.54. The van der Waals surface area contributed by atoms with Gasteiger partial charge in [-0.15, -0.1) is 0 Å². The number of hydroxylamine groups is 1. The fourth-order valence-corrected chi connectivity index (χ4v) is 5.25. The van der Waals surface area contributed by atoms with Crippen LogP contribution in [-0.4, -0.2) is 58.6 Å². The lowest BCUT2D eigenvalue weighted by Crippen LogP contribution is -2.42. The topological polar surface area (TPSA) is 68.7 Å². The second-order valence-electron chi connectivity index (χ2n) is 8.23. The number of nitrogens with one attached hydrogen (secondary N) is 1. The van der Waals surface area contributed by atoms with E-state index in [-0.39, 0.29) is 0 Å². The van der Waals surface area contributed by atoms with Crippen LogP contribution in [0.1, 0.15) is 53.7 Å². The summed E-state index contributed by atoms with van der Waals surface area (Å²) in [7, 11) is 2.26. The molecule has 6 heteroatoms. The van der Waals surface area contributed by atoms with Gasteiger partial charge in [0, 0.05) is 31.9 Å². The summed E-state index contributed by atoms with van der Waals surface area (Å²) in [4.78, 5) is 21.2. The first-order chi connectivity index (χ1) is 12.1. The van der Waals surface area contributed by atoms with Gasteiger partial charge in [-0.25, -0.2) is 5.48 Å². The molecule has 0 bridgehead atoms. The highest BCUT2D eigenvalue weighted by Gasteiger charge is 2.43. The fraction of sp³-hybridized carbons (Fsp3) is 0.684. The number of hydrogen-bond acceptors (Lipinski definition) is 5. The second kappa shape index (κ2) is 6.67. The van der Waals surface area contributed by atoms with Crippen molar-refractivity contribution in [3.63, 3.8) is 0 Å². The lowest BCUT2D eigenvalue weighted by Gasteiger charge is -2.40. The largest absolute Gasteiger partial charge is 0.306 e. The zero-order valence-electron chi connectivity index (χ0n) is 15.0. The van der Waals surface area contributed by atoms with E-state index in [0.29, 0.717) is 17.0 Å². The van der Waals surface area contributed by atoms with Crippen LogP contribution in [0.2, 0.25) is 0 Å². The molecule has 6 nitrogen and oxygen atoms in total. The number of pyridine rings is 1. The summed E-state index contributed by atoms with van der Waals surface area (Å²) >= 11 is 0. The molecule has 0 aromatic carbocycles. The van der Waals surface area contributed by atoms with E-state index in [1.54, 1.807) is 11.7 Å². The first kappa shape index (κ1) is 16.9. The smallest absolute Gasteiger partial charge is 0.276 e. The van der Waals surface area contributed by atoms with Gasteiger partial charge in [-0.05, 0) is 69.2 Å². The molecule has 3 heterocycles. The van der Waals surface area contributed by atoms with Gasteiger partial charge in [0.2, 0.25) is 0 Å². The normalized spacial score (nSPS) is 30.4. The number of carbonyl (C=O) groups is 1. The maximum Gasteiger partial charge on any atom is 0.276 e. The molecule has 1 spiro atoms. The average Bonchev–Trinajstić information content (AvgIpc) is 3.03. The van der Waals surface area contributed by atoms with Crippen LogP contribution in [-0.2, 0) is 13.0 Å². The summed E-state index contributed by atoms with van der Waals surface area (Å²) in [5, 5.41) is 8.78. The first-order valence-corrected chi connectivity index (χ1v) is 9.43. The Kier molecular flexibility index (Phi) is 4.52. The van der Waals surface area contributed by atoms with Crippen LogP contribution in [0, 0.1) is 5.41 Å². The molecular weight excluding hydrogens is 316 g/mol. The minimum atomic E-state index is -0.489. The summed E-state index contributed by atoms with van der Waals surface area (Å²) in [6.07, 6.45) is 9.19. The minimum Gasteiger partial charge on any atom is -0.306 e. The van der Waals surface area contributed by atoms with Crippen LogP contribution in [0.4, 0.5) is 0 Å². The van der Waals surface area contributed by atoms with Crippen molar-refractivity contribution in [2.24, 2.45) is 5.41 Å². The predicted octanol–water partition coefficient (Wildman–Crippen LogP) is 1.82. The molecule has 1 aromatic heterocycles. The maximum atomic E-state index is 11.6. The second-order valence-corrected chi connectivity index (χ2v) is 8.23. The van der Waals surface area contributed by atoms with E-state index in [9.17, 15) is 4.79 Å². The van der Waals surface area contributed by atoms with Crippen LogP contribution in [0.15, 0.2) is 12.3 Å². The van der Waals surface area contributed by atoms with Gasteiger partial charge in [0.15, 0.2) is 0 Å². The van der Waals surface area contributed by atoms with Gasteiger partial charge in [-0.3, -0.25) is 19.9 Å². The van der Waals surface area contributed by atoms with Crippen molar-refractivity contribution >= 4 is 5.91 Å². The number of aromatic nitrogens is 1. The van der Waals surface area contributed by atoms with Crippen molar-refractivity contribution in [1.82, 2.24) is 20.3 Å². The van der Waals surface area contributed by atoms with E-state index >= 15 is 0 Å². The van der Waals surface area contributed by atoms with Crippen molar-refractivity contribution in [2.45, 2.75) is 51.1 Å². The van der Waals surface area contributed by atoms with E-state index < -0.39 is 5.91 Å². The number of nitrogens with zero attached hydrogens (tertiary/aromatic N) is 3. The Labute approximate surface area is 149 Å². The number of carbonyl (C=O) groups excluding carboxylic acids is 1. The molecule has 2 N–H and O–H groups in total. The van der Waals surface area contributed by atoms with Crippen molar-refractivity contribution in [3.8, 4) is 0 Å². The molecule has 1 saturated carbocycles. The molecule has 1 aromatic rings. The summed E-state index contributed by atoms with van der Waals surface area (Å²) in [6.45, 7) is 4.42. The van der Waals surface area contributed by atoms with Crippen molar-refractivity contribution in [1.29, 1.82) is 0 Å². The number of fused-ring (bicyclic) bond motifs is 1. The highest BCUT2D eigenvalue weighted by molar-refractivity contribution is 5.93. The molecule has 2 unspecified atom stereocenters. The molecule has 2 atom stereocenters. The molecule has 2 aliphatic heterocycles. The van der Waals surface area contributed by atoms with E-state index in [4.69, 9.17) is 5.21 Å². The predicted molar refractivity (Wildman–Crippen MR) is 94.4 cm³/mol. The molecule has 1 saturated heterocycles. The van der Waals surface area contributed by atoms with Crippen LogP contribution in [0.5, 0.6) is 0 Å². The Morgan fingerprint density at radius 2 is 2.28 bits per heavy atom. The number of likely N-dealkylation sites (tertiary alicyclic amines) is 1. The third-order valence-corrected chi connectivity index (χ3v) is 6.49. The molecule has 4 rings (SSSR count). The van der Waals surface area contributed by atoms with Gasteiger partial charge in [0.1, 0.15) is 0 Å². The first-order valence-electron chi connectivity index (χ1n) is 9.43. The molecule has 136 valence electrons. The molecule has 3 aliphatic rings. The SMILES string of the molecule is CN1CCCC2(CCC(N3CCc4cc(C(=O)NO)cnc4C3)C2)C1. The molecular formula is C19H28N4O2. The van der Waals surface area contributed by atoms with Crippen molar-refractivity contribution in [2.75, 3.05) is 26.7 Å². The Bertz CT molecular complexity index is 665. The van der Waals surface area contributed by atoms with E-state index in [1.165, 1.54) is 45.2 Å². The Hall–Kier alpha value is -1.50. The summed E-state index contributed by atoms with van der Waals surface area (Å²) < 4.78 is 0. The standard InChI is InChI=1S/C19H28N4O2/c1-22-7-2-5-19(13-22)6-3-16(10-19)23-8-4-14-9-15(18(24)21-25)11-20-17(14)12-23/h9,11,16,25H,2-8,10,12-13H2,1H3,(H,21,24). The van der Waals surface area contributed by atoms with E-state index in [1.807, 2.05) is 6.07 Å². The van der Waals surface area contributed by atoms with Crippen LogP contribution in [0.3, 0.4) is 0 Å². The average molecular weight is 344 g/mol. The van der Waals surface area contributed by atoms with Gasteiger partial charge >= 0.3 is 0 Å². The summed E-state index contributed by atoms with van der Waals surface area (Å²) in [5.74, 6) is -0.489. The number of piperidine rings is 1. The van der Waals surface area contributed by atoms with Crippen LogP contribution >= 0.6 is 0 Å². The number of amides is 1. The quantitative estimate of drug-likeness (QED) is 0.633. The Morgan fingerprint density at radius 1 is 1.40 bits per heavy atom. The van der Waals surface area contributed by atoms with Gasteiger partial charge in [-0.2, -0.15) is 0 Å². The van der Waals surface area contributed by atoms with E-state index in [2.05, 4.69) is 21.8 Å². The van der Waals surface area contributed by atoms with Crippen molar-refractivity contribution < 1.29 is 10.0 Å². The lowest BCUT2D eigenvalue weighted by molar-refractivity contribution is 0.0705. The fourth-order valence-electron chi connectivity index (χ4n) is 5.25. The molecule has 1 aliphatic carbocycles. The van der Waals surface area contributed by atoms with E-state index in [0.717, 1.165) is 30.8 Å². The molecule has 2 fully saturated rings. The maximum absolute atomic E-state index is 11.6. The number of rotatable bonds is 2. The van der Waals surface area contributed by atoms with Crippen LogP contribution in [0.25, 0.3) is 0 Å². The van der Waals surface area contributed by atoms with Gasteiger partial charge in [0.25, 0.3) is 5.91 Å². The molecule has 0 radical (unpaired) electrons. The van der Waals surface area contributed by atoms with Gasteiger partial charge in [-0.1, -0.05) is 0 Å². The van der Waals surface area contributed by atoms with Crippen LogP contribution < -0.4 is 5.48 Å². The minimum absolute atomic E-state index is 0.430. The third kappa shape index (κ3) is 3.30. The molecule has 25 heavy (non-hydrogen) atoms. The Balaban J connectivity index is 1.44.